The number of hydrogen-bond donors (Lipinski definition) is 0. The van der Waals surface area contributed by atoms with E-state index in [-0.39, 0.29) is 0 Å². The number of imidazole rings is 1. The molecule has 0 bridgehead atoms. The van der Waals surface area contributed by atoms with Crippen LogP contribution in [0.3, 0.4) is 0 Å². The van der Waals surface area contributed by atoms with Crippen molar-refractivity contribution in [2.75, 3.05) is 5.75 Å². The Kier molecular flexibility index (Phi) is 4.83. The van der Waals surface area contributed by atoms with Crippen LogP contribution in [-0.4, -0.2) is 20.3 Å². The lowest BCUT2D eigenvalue weighted by molar-refractivity contribution is 0.662. The molecule has 0 unspecified atom stereocenters. The van der Waals surface area contributed by atoms with Crippen molar-refractivity contribution in [1.82, 2.24) is 14.5 Å². The first-order valence-corrected chi connectivity index (χ1v) is 8.12. The van der Waals surface area contributed by atoms with Gasteiger partial charge >= 0.3 is 0 Å². The van der Waals surface area contributed by atoms with Crippen molar-refractivity contribution < 1.29 is 0 Å². The van der Waals surface area contributed by atoms with E-state index >= 15 is 0 Å². The SMILES string of the molecule is Cc1nc(C)c(CSCCCn2ccnc2C)s1. The monoisotopic (exact) mass is 281 g/mol. The molecule has 2 aromatic rings. The Morgan fingerprint density at radius 1 is 1.33 bits per heavy atom. The van der Waals surface area contributed by atoms with E-state index in [4.69, 9.17) is 0 Å². The molecule has 3 nitrogen and oxygen atoms in total. The number of rotatable bonds is 6. The minimum atomic E-state index is 1.07. The van der Waals surface area contributed by atoms with Crippen LogP contribution in [0.5, 0.6) is 0 Å². The zero-order chi connectivity index (χ0) is 13.0. The molecule has 0 atom stereocenters. The van der Waals surface area contributed by atoms with Crippen molar-refractivity contribution in [3.05, 3.63) is 33.8 Å². The Morgan fingerprint density at radius 2 is 2.17 bits per heavy atom. The highest BCUT2D eigenvalue weighted by molar-refractivity contribution is 7.98. The van der Waals surface area contributed by atoms with Gasteiger partial charge in [0.15, 0.2) is 0 Å². The van der Waals surface area contributed by atoms with Gasteiger partial charge in [-0.3, -0.25) is 0 Å². The second-order valence-corrected chi connectivity index (χ2v) is 6.71. The van der Waals surface area contributed by atoms with Gasteiger partial charge in [0.1, 0.15) is 5.82 Å². The van der Waals surface area contributed by atoms with Crippen molar-refractivity contribution in [3.63, 3.8) is 0 Å². The third-order valence-corrected chi connectivity index (χ3v) is 5.17. The summed E-state index contributed by atoms with van der Waals surface area (Å²) in [5, 5.41) is 1.18. The molecule has 0 aromatic carbocycles. The molecule has 0 aliphatic carbocycles. The van der Waals surface area contributed by atoms with E-state index in [1.165, 1.54) is 27.8 Å². The zero-order valence-electron chi connectivity index (χ0n) is 11.1. The Labute approximate surface area is 117 Å². The van der Waals surface area contributed by atoms with Crippen LogP contribution in [0.4, 0.5) is 0 Å². The number of hydrogen-bond acceptors (Lipinski definition) is 4. The van der Waals surface area contributed by atoms with Crippen LogP contribution in [0.1, 0.15) is 27.8 Å². The Balaban J connectivity index is 1.67. The summed E-state index contributed by atoms with van der Waals surface area (Å²) in [7, 11) is 0. The molecule has 0 saturated carbocycles. The molecule has 0 fully saturated rings. The lowest BCUT2D eigenvalue weighted by Gasteiger charge is -2.04. The van der Waals surface area contributed by atoms with Crippen LogP contribution in [0.2, 0.25) is 0 Å². The second kappa shape index (κ2) is 6.38. The van der Waals surface area contributed by atoms with E-state index in [0.29, 0.717) is 0 Å². The largest absolute Gasteiger partial charge is 0.335 e. The van der Waals surface area contributed by atoms with Crippen molar-refractivity contribution in [2.45, 2.75) is 39.5 Å². The fourth-order valence-electron chi connectivity index (χ4n) is 1.85. The molecule has 0 amide bonds. The fourth-order valence-corrected chi connectivity index (χ4v) is 3.94. The van der Waals surface area contributed by atoms with Crippen LogP contribution in [0, 0.1) is 20.8 Å². The number of thiazole rings is 1. The van der Waals surface area contributed by atoms with Crippen LogP contribution >= 0.6 is 23.1 Å². The van der Waals surface area contributed by atoms with E-state index in [1.807, 2.05) is 29.3 Å². The minimum absolute atomic E-state index is 1.07. The quantitative estimate of drug-likeness (QED) is 0.758. The van der Waals surface area contributed by atoms with Crippen LogP contribution in [0.25, 0.3) is 0 Å². The minimum Gasteiger partial charge on any atom is -0.335 e. The standard InChI is InChI=1S/C13H19N3S2/c1-10-13(18-12(3)15-10)9-17-8-4-6-16-7-5-14-11(16)2/h5,7H,4,6,8-9H2,1-3H3. The molecule has 0 aliphatic rings. The van der Waals surface area contributed by atoms with Gasteiger partial charge < -0.3 is 4.57 Å². The predicted molar refractivity (Wildman–Crippen MR) is 79.3 cm³/mol. The fraction of sp³-hybridized carbons (Fsp3) is 0.538. The summed E-state index contributed by atoms with van der Waals surface area (Å²) in [6, 6.07) is 0. The molecule has 2 heterocycles. The van der Waals surface area contributed by atoms with E-state index in [2.05, 4.69) is 41.5 Å². The maximum Gasteiger partial charge on any atom is 0.105 e. The smallest absolute Gasteiger partial charge is 0.105 e. The predicted octanol–water partition coefficient (Wildman–Crippen LogP) is 3.59. The lowest BCUT2D eigenvalue weighted by atomic mass is 10.4. The first-order chi connectivity index (χ1) is 8.66. The first-order valence-electron chi connectivity index (χ1n) is 6.15. The number of nitrogens with zero attached hydrogens (tertiary/aromatic N) is 3. The molecule has 0 radical (unpaired) electrons. The molecule has 0 spiro atoms. The zero-order valence-corrected chi connectivity index (χ0v) is 12.8. The summed E-state index contributed by atoms with van der Waals surface area (Å²) in [6.07, 6.45) is 5.11. The van der Waals surface area contributed by atoms with Crippen LogP contribution in [-0.2, 0) is 12.3 Å². The molecule has 2 aromatic heterocycles. The Morgan fingerprint density at radius 3 is 2.78 bits per heavy atom. The second-order valence-electron chi connectivity index (χ2n) is 4.32. The van der Waals surface area contributed by atoms with Crippen molar-refractivity contribution in [1.29, 1.82) is 0 Å². The van der Waals surface area contributed by atoms with Gasteiger partial charge in [-0.15, -0.1) is 11.3 Å². The van der Waals surface area contributed by atoms with Gasteiger partial charge in [0, 0.05) is 29.6 Å². The third kappa shape index (κ3) is 3.59. The van der Waals surface area contributed by atoms with Gasteiger partial charge in [0.05, 0.1) is 10.7 Å². The van der Waals surface area contributed by atoms with Crippen LogP contribution < -0.4 is 0 Å². The highest BCUT2D eigenvalue weighted by Crippen LogP contribution is 2.23. The van der Waals surface area contributed by atoms with Crippen LogP contribution in [0.15, 0.2) is 12.4 Å². The molecule has 0 aliphatic heterocycles. The summed E-state index contributed by atoms with van der Waals surface area (Å²) >= 11 is 3.82. The number of aryl methyl sites for hydroxylation is 4. The highest BCUT2D eigenvalue weighted by Gasteiger charge is 2.04. The first kappa shape index (κ1) is 13.6. The van der Waals surface area contributed by atoms with E-state index in [1.54, 1.807) is 0 Å². The number of aromatic nitrogens is 3. The van der Waals surface area contributed by atoms with Gasteiger partial charge in [0.2, 0.25) is 0 Å². The average Bonchev–Trinajstić information content (AvgIpc) is 2.86. The topological polar surface area (TPSA) is 30.7 Å². The molecule has 18 heavy (non-hydrogen) atoms. The maximum absolute atomic E-state index is 4.46. The normalized spacial score (nSPS) is 11.1. The summed E-state index contributed by atoms with van der Waals surface area (Å²) in [5.74, 6) is 3.39. The maximum atomic E-state index is 4.46. The molecule has 5 heteroatoms. The average molecular weight is 281 g/mol. The lowest BCUT2D eigenvalue weighted by Crippen LogP contribution is -2.00. The van der Waals surface area contributed by atoms with E-state index in [9.17, 15) is 0 Å². The summed E-state index contributed by atoms with van der Waals surface area (Å²) < 4.78 is 2.21. The summed E-state index contributed by atoms with van der Waals surface area (Å²) in [4.78, 5) is 10.1. The highest BCUT2D eigenvalue weighted by atomic mass is 32.2. The van der Waals surface area contributed by atoms with Gasteiger partial charge in [-0.25, -0.2) is 9.97 Å². The molecular formula is C13H19N3S2. The Bertz CT molecular complexity index is 502. The molecular weight excluding hydrogens is 262 g/mol. The van der Waals surface area contributed by atoms with Gasteiger partial charge in [0.25, 0.3) is 0 Å². The van der Waals surface area contributed by atoms with Gasteiger partial charge in [-0.2, -0.15) is 11.8 Å². The Hall–Kier alpha value is -0.810. The molecule has 0 saturated heterocycles. The van der Waals surface area contributed by atoms with Crippen molar-refractivity contribution in [3.8, 4) is 0 Å². The van der Waals surface area contributed by atoms with E-state index in [0.717, 1.165) is 18.1 Å². The molecule has 0 N–H and O–H groups in total. The van der Waals surface area contributed by atoms with E-state index < -0.39 is 0 Å². The van der Waals surface area contributed by atoms with Crippen molar-refractivity contribution >= 4 is 23.1 Å². The van der Waals surface area contributed by atoms with Crippen molar-refractivity contribution in [2.24, 2.45) is 0 Å². The molecule has 98 valence electrons. The van der Waals surface area contributed by atoms with Gasteiger partial charge in [-0.1, -0.05) is 0 Å². The van der Waals surface area contributed by atoms with Gasteiger partial charge in [-0.05, 0) is 32.9 Å². The summed E-state index contributed by atoms with van der Waals surface area (Å²) in [6.45, 7) is 7.30. The molecule has 2 rings (SSSR count). The summed E-state index contributed by atoms with van der Waals surface area (Å²) in [5.41, 5.74) is 1.20. The number of thioether (sulfide) groups is 1. The third-order valence-electron chi connectivity index (χ3n) is 2.84.